The molecule has 7 nitrogen and oxygen atoms in total. The van der Waals surface area contributed by atoms with E-state index in [0.29, 0.717) is 23.9 Å². The number of ketones is 1. The lowest BCUT2D eigenvalue weighted by atomic mass is 9.76. The van der Waals surface area contributed by atoms with E-state index < -0.39 is 0 Å². The third-order valence-corrected chi connectivity index (χ3v) is 4.77. The number of anilines is 2. The van der Waals surface area contributed by atoms with E-state index in [1.54, 1.807) is 13.3 Å². The summed E-state index contributed by atoms with van der Waals surface area (Å²) in [4.78, 5) is 30.1. The highest BCUT2D eigenvalue weighted by Crippen LogP contribution is 2.34. The third-order valence-electron chi connectivity index (χ3n) is 4.77. The highest BCUT2D eigenvalue weighted by Gasteiger charge is 2.32. The first-order valence-electron chi connectivity index (χ1n) is 8.83. The fourth-order valence-electron chi connectivity index (χ4n) is 3.43. The van der Waals surface area contributed by atoms with Crippen molar-refractivity contribution in [2.45, 2.75) is 33.6 Å². The SMILES string of the molecule is COc1ccc2nc(Nc3ncc4c(n3)CC(C)(C)CC4=O)nc(C)c2c1. The van der Waals surface area contributed by atoms with Gasteiger partial charge in [0.25, 0.3) is 0 Å². The second kappa shape index (κ2) is 6.26. The third kappa shape index (κ3) is 3.32. The van der Waals surface area contributed by atoms with Crippen LogP contribution in [0.4, 0.5) is 11.9 Å². The summed E-state index contributed by atoms with van der Waals surface area (Å²) in [5.74, 6) is 1.68. The molecule has 3 aromatic rings. The largest absolute Gasteiger partial charge is 0.497 e. The molecule has 0 unspecified atom stereocenters. The summed E-state index contributed by atoms with van der Waals surface area (Å²) in [5, 5.41) is 4.00. The molecule has 1 aliphatic rings. The van der Waals surface area contributed by atoms with Crippen LogP contribution in [-0.4, -0.2) is 32.8 Å². The number of carbonyl (C=O) groups is 1. The van der Waals surface area contributed by atoms with Crippen LogP contribution in [0.3, 0.4) is 0 Å². The maximum atomic E-state index is 12.3. The molecular weight excluding hydrogens is 342 g/mol. The molecule has 0 saturated heterocycles. The average molecular weight is 363 g/mol. The Morgan fingerprint density at radius 1 is 1.11 bits per heavy atom. The van der Waals surface area contributed by atoms with Crippen LogP contribution < -0.4 is 10.1 Å². The van der Waals surface area contributed by atoms with E-state index in [1.807, 2.05) is 25.1 Å². The number of ether oxygens (including phenoxy) is 1. The van der Waals surface area contributed by atoms with Crippen LogP contribution in [0.1, 0.15) is 42.0 Å². The van der Waals surface area contributed by atoms with Crippen LogP contribution in [0.5, 0.6) is 5.75 Å². The Hall–Kier alpha value is -3.09. The molecule has 27 heavy (non-hydrogen) atoms. The van der Waals surface area contributed by atoms with Gasteiger partial charge >= 0.3 is 0 Å². The zero-order valence-corrected chi connectivity index (χ0v) is 15.8. The van der Waals surface area contributed by atoms with Crippen molar-refractivity contribution < 1.29 is 9.53 Å². The normalized spacial score (nSPS) is 15.5. The van der Waals surface area contributed by atoms with Gasteiger partial charge in [0.15, 0.2) is 5.78 Å². The monoisotopic (exact) mass is 363 g/mol. The lowest BCUT2D eigenvalue weighted by Crippen LogP contribution is -2.28. The lowest BCUT2D eigenvalue weighted by molar-refractivity contribution is 0.0910. The van der Waals surface area contributed by atoms with Gasteiger partial charge in [-0.2, -0.15) is 0 Å². The Bertz CT molecular complexity index is 1060. The summed E-state index contributed by atoms with van der Waals surface area (Å²) in [6.07, 6.45) is 2.86. The molecule has 0 saturated carbocycles. The van der Waals surface area contributed by atoms with Gasteiger partial charge in [-0.25, -0.2) is 19.9 Å². The number of aryl methyl sites for hydroxylation is 1. The summed E-state index contributed by atoms with van der Waals surface area (Å²) < 4.78 is 5.26. The fraction of sp³-hybridized carbons (Fsp3) is 0.350. The number of nitrogens with one attached hydrogen (secondary N) is 1. The molecule has 1 N–H and O–H groups in total. The van der Waals surface area contributed by atoms with Gasteiger partial charge in [-0.3, -0.25) is 10.1 Å². The van der Waals surface area contributed by atoms with Crippen molar-refractivity contribution >= 4 is 28.6 Å². The molecule has 4 rings (SSSR count). The predicted octanol–water partition coefficient (Wildman–Crippen LogP) is 3.64. The van der Waals surface area contributed by atoms with Crippen molar-refractivity contribution in [3.63, 3.8) is 0 Å². The van der Waals surface area contributed by atoms with E-state index in [0.717, 1.165) is 34.5 Å². The first kappa shape index (κ1) is 17.3. The number of benzene rings is 1. The molecule has 0 fully saturated rings. The Balaban J connectivity index is 1.67. The topological polar surface area (TPSA) is 89.9 Å². The number of nitrogens with zero attached hydrogens (tertiary/aromatic N) is 4. The van der Waals surface area contributed by atoms with E-state index in [1.165, 1.54) is 0 Å². The number of fused-ring (bicyclic) bond motifs is 2. The molecule has 2 aromatic heterocycles. The van der Waals surface area contributed by atoms with Gasteiger partial charge < -0.3 is 4.74 Å². The van der Waals surface area contributed by atoms with E-state index in [9.17, 15) is 4.79 Å². The molecule has 0 radical (unpaired) electrons. The minimum Gasteiger partial charge on any atom is -0.497 e. The summed E-state index contributed by atoms with van der Waals surface area (Å²) in [5.41, 5.74) is 2.93. The van der Waals surface area contributed by atoms with Gasteiger partial charge in [0.05, 0.1) is 29.6 Å². The lowest BCUT2D eigenvalue weighted by Gasteiger charge is -2.29. The van der Waals surface area contributed by atoms with E-state index >= 15 is 0 Å². The highest BCUT2D eigenvalue weighted by atomic mass is 16.5. The highest BCUT2D eigenvalue weighted by molar-refractivity contribution is 5.98. The standard InChI is InChI=1S/C20H21N5O2/c1-11-13-7-12(27-4)5-6-15(13)23-19(22-11)25-18-21-10-14-16(24-18)8-20(2,3)9-17(14)26/h5-7,10H,8-9H2,1-4H3,(H,21,22,23,24,25). The Morgan fingerprint density at radius 3 is 2.70 bits per heavy atom. The summed E-state index contributed by atoms with van der Waals surface area (Å²) in [6.45, 7) is 6.07. The van der Waals surface area contributed by atoms with E-state index in [2.05, 4.69) is 39.1 Å². The second-order valence-electron chi connectivity index (χ2n) is 7.64. The molecule has 138 valence electrons. The maximum absolute atomic E-state index is 12.3. The maximum Gasteiger partial charge on any atom is 0.230 e. The molecule has 1 aliphatic carbocycles. The van der Waals surface area contributed by atoms with Gasteiger partial charge in [-0.1, -0.05) is 13.8 Å². The molecule has 0 atom stereocenters. The van der Waals surface area contributed by atoms with Gasteiger partial charge in [0.2, 0.25) is 11.9 Å². The smallest absolute Gasteiger partial charge is 0.230 e. The van der Waals surface area contributed by atoms with Gasteiger partial charge in [-0.15, -0.1) is 0 Å². The first-order chi connectivity index (χ1) is 12.8. The van der Waals surface area contributed by atoms with Gasteiger partial charge in [0.1, 0.15) is 5.75 Å². The molecule has 7 heteroatoms. The number of carbonyl (C=O) groups excluding carboxylic acids is 1. The number of rotatable bonds is 3. The predicted molar refractivity (Wildman–Crippen MR) is 103 cm³/mol. The van der Waals surface area contributed by atoms with Crippen molar-refractivity contribution in [3.05, 3.63) is 41.3 Å². The van der Waals surface area contributed by atoms with Crippen LogP contribution in [0.25, 0.3) is 10.9 Å². The number of hydrogen-bond donors (Lipinski definition) is 1. The van der Waals surface area contributed by atoms with Crippen molar-refractivity contribution in [1.82, 2.24) is 19.9 Å². The van der Waals surface area contributed by atoms with Crippen LogP contribution in [0, 0.1) is 12.3 Å². The number of Topliss-reactive ketones (excluding diaryl/α,β-unsaturated/α-hetero) is 1. The Labute approximate surface area is 157 Å². The molecule has 0 aliphatic heterocycles. The first-order valence-corrected chi connectivity index (χ1v) is 8.83. The number of aromatic nitrogens is 4. The number of hydrogen-bond acceptors (Lipinski definition) is 7. The molecule has 2 heterocycles. The second-order valence-corrected chi connectivity index (χ2v) is 7.64. The minimum absolute atomic E-state index is 0.0925. The molecular formula is C20H21N5O2. The quantitative estimate of drug-likeness (QED) is 0.760. The Kier molecular flexibility index (Phi) is 4.02. The summed E-state index contributed by atoms with van der Waals surface area (Å²) in [6, 6.07) is 5.67. The van der Waals surface area contributed by atoms with Crippen molar-refractivity contribution in [3.8, 4) is 5.75 Å². The van der Waals surface area contributed by atoms with Gasteiger partial charge in [0, 0.05) is 18.0 Å². The van der Waals surface area contributed by atoms with Crippen LogP contribution >= 0.6 is 0 Å². The Morgan fingerprint density at radius 2 is 1.93 bits per heavy atom. The van der Waals surface area contributed by atoms with Crippen LogP contribution in [-0.2, 0) is 6.42 Å². The zero-order valence-electron chi connectivity index (χ0n) is 15.8. The van der Waals surface area contributed by atoms with Gasteiger partial charge in [-0.05, 0) is 37.0 Å². The molecule has 1 aromatic carbocycles. The molecule has 0 spiro atoms. The summed E-state index contributed by atoms with van der Waals surface area (Å²) in [7, 11) is 1.63. The van der Waals surface area contributed by atoms with Crippen molar-refractivity contribution in [2.75, 3.05) is 12.4 Å². The van der Waals surface area contributed by atoms with Crippen LogP contribution in [0.15, 0.2) is 24.4 Å². The van der Waals surface area contributed by atoms with E-state index in [4.69, 9.17) is 4.74 Å². The van der Waals surface area contributed by atoms with Crippen molar-refractivity contribution in [2.24, 2.45) is 5.41 Å². The van der Waals surface area contributed by atoms with E-state index in [-0.39, 0.29) is 11.2 Å². The minimum atomic E-state index is -0.0925. The summed E-state index contributed by atoms with van der Waals surface area (Å²) >= 11 is 0. The molecule has 0 amide bonds. The fourth-order valence-corrected chi connectivity index (χ4v) is 3.43. The number of methoxy groups -OCH3 is 1. The van der Waals surface area contributed by atoms with Crippen LogP contribution in [0.2, 0.25) is 0 Å². The zero-order chi connectivity index (χ0) is 19.2. The molecule has 0 bridgehead atoms. The van der Waals surface area contributed by atoms with Crippen molar-refractivity contribution in [1.29, 1.82) is 0 Å². The average Bonchev–Trinajstić information content (AvgIpc) is 2.60.